The highest BCUT2D eigenvalue weighted by Crippen LogP contribution is 2.12. The molecule has 0 aliphatic heterocycles. The zero-order valence-electron chi connectivity index (χ0n) is 10.8. The van der Waals surface area contributed by atoms with Gasteiger partial charge in [-0.25, -0.2) is 0 Å². The topological polar surface area (TPSA) is 101 Å². The molecule has 108 valence electrons. The Labute approximate surface area is 124 Å². The number of carbonyl (C=O) groups is 2. The van der Waals surface area contributed by atoms with Crippen molar-refractivity contribution in [3.05, 3.63) is 39.9 Å². The maximum atomic E-state index is 11.7. The number of benzene rings is 1. The molecule has 2 amide bonds. The number of hydrazine groups is 1. The van der Waals surface area contributed by atoms with Gasteiger partial charge in [0.05, 0.1) is 9.75 Å². The van der Waals surface area contributed by atoms with Gasteiger partial charge in [-0.2, -0.15) is 0 Å². The van der Waals surface area contributed by atoms with Crippen LogP contribution in [0.25, 0.3) is 0 Å². The Bertz CT molecular complexity index is 521. The lowest BCUT2D eigenvalue weighted by Gasteiger charge is -2.10. The summed E-state index contributed by atoms with van der Waals surface area (Å²) < 4.78 is 0. The summed E-state index contributed by atoms with van der Waals surface area (Å²) in [5.41, 5.74) is 4.38. The van der Waals surface area contributed by atoms with Crippen LogP contribution in [0.2, 0.25) is 0 Å². The molecule has 0 saturated carbocycles. The van der Waals surface area contributed by atoms with Crippen LogP contribution in [0.4, 0.5) is 5.69 Å². The van der Waals surface area contributed by atoms with Gasteiger partial charge in [0.15, 0.2) is 0 Å². The number of hydrogen-bond acceptors (Lipinski definition) is 4. The third-order valence-electron chi connectivity index (χ3n) is 2.45. The Kier molecular flexibility index (Phi) is 6.10. The molecule has 1 unspecified atom stereocenters. The first-order valence-electron chi connectivity index (χ1n) is 5.94. The number of halogens is 1. The fraction of sp³-hybridized carbons (Fsp3) is 0.333. The van der Waals surface area contributed by atoms with Crippen LogP contribution in [-0.4, -0.2) is 21.6 Å². The summed E-state index contributed by atoms with van der Waals surface area (Å²) in [5.74, 6) is -0.983. The first kappa shape index (κ1) is 16.1. The standard InChI is InChI=1S/C12H14BrN3O4/c1-2-4-10(13)12(18)15-14-11(17)8-5-3-6-9(7-8)16(19)20/h3,5-7,10H,2,4H2,1H3,(H,14,17)(H,15,18). The third kappa shape index (κ3) is 4.61. The van der Waals surface area contributed by atoms with Gasteiger partial charge in [0, 0.05) is 17.7 Å². The highest BCUT2D eigenvalue weighted by atomic mass is 79.9. The summed E-state index contributed by atoms with van der Waals surface area (Å²) in [6.45, 7) is 1.93. The Balaban J connectivity index is 2.61. The number of alkyl halides is 1. The van der Waals surface area contributed by atoms with Crippen molar-refractivity contribution in [2.45, 2.75) is 24.6 Å². The van der Waals surface area contributed by atoms with Crippen LogP contribution < -0.4 is 10.9 Å². The molecular weight excluding hydrogens is 330 g/mol. The Morgan fingerprint density at radius 3 is 2.70 bits per heavy atom. The van der Waals surface area contributed by atoms with Crippen LogP contribution in [0.5, 0.6) is 0 Å². The number of non-ortho nitro benzene ring substituents is 1. The first-order valence-corrected chi connectivity index (χ1v) is 6.86. The molecule has 8 heteroatoms. The third-order valence-corrected chi connectivity index (χ3v) is 3.32. The van der Waals surface area contributed by atoms with Gasteiger partial charge >= 0.3 is 0 Å². The van der Waals surface area contributed by atoms with Gasteiger partial charge < -0.3 is 0 Å². The van der Waals surface area contributed by atoms with E-state index in [1.807, 2.05) is 6.92 Å². The number of carbonyl (C=O) groups excluding carboxylic acids is 2. The summed E-state index contributed by atoms with van der Waals surface area (Å²) in [6.07, 6.45) is 1.46. The van der Waals surface area contributed by atoms with E-state index >= 15 is 0 Å². The average Bonchev–Trinajstić information content (AvgIpc) is 2.44. The van der Waals surface area contributed by atoms with E-state index in [0.29, 0.717) is 6.42 Å². The molecule has 0 fully saturated rings. The molecule has 0 bridgehead atoms. The van der Waals surface area contributed by atoms with Crippen molar-refractivity contribution in [3.8, 4) is 0 Å². The van der Waals surface area contributed by atoms with Crippen LogP contribution in [0, 0.1) is 10.1 Å². The largest absolute Gasteiger partial charge is 0.272 e. The molecule has 0 radical (unpaired) electrons. The molecule has 0 saturated heterocycles. The summed E-state index contributed by atoms with van der Waals surface area (Å²) in [5, 5.41) is 10.6. The zero-order valence-corrected chi connectivity index (χ0v) is 12.3. The number of nitro benzene ring substituents is 1. The minimum Gasteiger partial charge on any atom is -0.272 e. The molecule has 0 aliphatic rings. The fourth-order valence-corrected chi connectivity index (χ4v) is 1.99. The second kappa shape index (κ2) is 7.59. The molecule has 1 rings (SSSR count). The van der Waals surface area contributed by atoms with Crippen LogP contribution in [0.3, 0.4) is 0 Å². The summed E-state index contributed by atoms with van der Waals surface area (Å²) >= 11 is 3.19. The molecular formula is C12H14BrN3O4. The van der Waals surface area contributed by atoms with E-state index in [4.69, 9.17) is 0 Å². The molecule has 2 N–H and O–H groups in total. The number of amides is 2. The van der Waals surface area contributed by atoms with E-state index in [-0.39, 0.29) is 17.2 Å². The van der Waals surface area contributed by atoms with Gasteiger partial charge in [-0.3, -0.25) is 30.6 Å². The van der Waals surface area contributed by atoms with Crippen LogP contribution in [-0.2, 0) is 4.79 Å². The average molecular weight is 344 g/mol. The summed E-state index contributed by atoms with van der Waals surface area (Å²) in [6, 6.07) is 5.25. The molecule has 0 heterocycles. The molecule has 1 atom stereocenters. The van der Waals surface area contributed by atoms with E-state index < -0.39 is 15.7 Å². The van der Waals surface area contributed by atoms with E-state index in [0.717, 1.165) is 12.5 Å². The second-order valence-corrected chi connectivity index (χ2v) is 5.11. The number of rotatable bonds is 5. The molecule has 1 aromatic rings. The highest BCUT2D eigenvalue weighted by molar-refractivity contribution is 9.10. The number of nitrogens with zero attached hydrogens (tertiary/aromatic N) is 1. The van der Waals surface area contributed by atoms with Crippen molar-refractivity contribution < 1.29 is 14.5 Å². The van der Waals surface area contributed by atoms with Crippen molar-refractivity contribution in [1.29, 1.82) is 0 Å². The maximum Gasteiger partial charge on any atom is 0.270 e. The lowest BCUT2D eigenvalue weighted by Crippen LogP contribution is -2.44. The second-order valence-electron chi connectivity index (χ2n) is 4.01. The van der Waals surface area contributed by atoms with Crippen molar-refractivity contribution in [1.82, 2.24) is 10.9 Å². The molecule has 0 spiro atoms. The first-order chi connectivity index (χ1) is 9.45. The minimum atomic E-state index is -0.613. The van der Waals surface area contributed by atoms with E-state index in [9.17, 15) is 19.7 Å². The van der Waals surface area contributed by atoms with Crippen LogP contribution >= 0.6 is 15.9 Å². The monoisotopic (exact) mass is 343 g/mol. The number of hydrogen-bond donors (Lipinski definition) is 2. The smallest absolute Gasteiger partial charge is 0.270 e. The molecule has 20 heavy (non-hydrogen) atoms. The number of nitro groups is 1. The fourth-order valence-electron chi connectivity index (χ4n) is 1.41. The predicted molar refractivity (Wildman–Crippen MR) is 76.3 cm³/mol. The highest BCUT2D eigenvalue weighted by Gasteiger charge is 2.15. The van der Waals surface area contributed by atoms with Gasteiger partial charge in [0.2, 0.25) is 0 Å². The van der Waals surface area contributed by atoms with Crippen molar-refractivity contribution in [3.63, 3.8) is 0 Å². The van der Waals surface area contributed by atoms with Crippen LogP contribution in [0.15, 0.2) is 24.3 Å². The molecule has 7 nitrogen and oxygen atoms in total. The van der Waals surface area contributed by atoms with E-state index in [2.05, 4.69) is 26.8 Å². The van der Waals surface area contributed by atoms with E-state index in [1.54, 1.807) is 0 Å². The van der Waals surface area contributed by atoms with Crippen LogP contribution in [0.1, 0.15) is 30.1 Å². The number of nitrogens with one attached hydrogen (secondary N) is 2. The Hall–Kier alpha value is -1.96. The van der Waals surface area contributed by atoms with Gasteiger partial charge in [0.1, 0.15) is 0 Å². The van der Waals surface area contributed by atoms with Crippen molar-refractivity contribution >= 4 is 33.4 Å². The van der Waals surface area contributed by atoms with Crippen molar-refractivity contribution in [2.24, 2.45) is 0 Å². The summed E-state index contributed by atoms with van der Waals surface area (Å²) in [4.78, 5) is 32.9. The summed E-state index contributed by atoms with van der Waals surface area (Å²) in [7, 11) is 0. The molecule has 0 aromatic heterocycles. The Morgan fingerprint density at radius 2 is 2.10 bits per heavy atom. The van der Waals surface area contributed by atoms with Gasteiger partial charge in [-0.15, -0.1) is 0 Å². The van der Waals surface area contributed by atoms with Gasteiger partial charge in [0.25, 0.3) is 17.5 Å². The minimum absolute atomic E-state index is 0.0983. The molecule has 0 aliphatic carbocycles. The maximum absolute atomic E-state index is 11.7. The van der Waals surface area contributed by atoms with Crippen molar-refractivity contribution in [2.75, 3.05) is 0 Å². The molecule has 1 aromatic carbocycles. The van der Waals surface area contributed by atoms with Gasteiger partial charge in [-0.05, 0) is 12.5 Å². The quantitative estimate of drug-likeness (QED) is 0.484. The zero-order chi connectivity index (χ0) is 15.1. The van der Waals surface area contributed by atoms with Gasteiger partial charge in [-0.1, -0.05) is 35.3 Å². The SMILES string of the molecule is CCCC(Br)C(=O)NNC(=O)c1cccc([N+](=O)[O-])c1. The normalized spacial score (nSPS) is 11.5. The van der Waals surface area contributed by atoms with E-state index in [1.165, 1.54) is 18.2 Å². The lowest BCUT2D eigenvalue weighted by atomic mass is 10.2. The lowest BCUT2D eigenvalue weighted by molar-refractivity contribution is -0.384. The predicted octanol–water partition coefficient (Wildman–Crippen LogP) is 1.92. The Morgan fingerprint density at radius 1 is 1.40 bits per heavy atom.